The van der Waals surface area contributed by atoms with E-state index in [1.54, 1.807) is 0 Å². The van der Waals surface area contributed by atoms with E-state index in [-0.39, 0.29) is 6.42 Å². The van der Waals surface area contributed by atoms with E-state index in [9.17, 15) is 14.7 Å². The highest BCUT2D eigenvalue weighted by molar-refractivity contribution is 5.74. The van der Waals surface area contributed by atoms with E-state index in [0.717, 1.165) is 0 Å². The summed E-state index contributed by atoms with van der Waals surface area (Å²) < 4.78 is 9.58. The second-order valence-corrected chi connectivity index (χ2v) is 3.05. The maximum atomic E-state index is 10.8. The highest BCUT2D eigenvalue weighted by Crippen LogP contribution is 2.21. The Morgan fingerprint density at radius 1 is 1.77 bits per heavy atom. The molecular formula is C8H12O5. The van der Waals surface area contributed by atoms with Crippen molar-refractivity contribution in [3.63, 3.8) is 0 Å². The van der Waals surface area contributed by atoms with Crippen LogP contribution in [0.25, 0.3) is 0 Å². The van der Waals surface area contributed by atoms with Crippen LogP contribution in [0, 0.1) is 0 Å². The molecule has 0 aromatic carbocycles. The lowest BCUT2D eigenvalue weighted by molar-refractivity contribution is -0.155. The van der Waals surface area contributed by atoms with Crippen LogP contribution in [0.15, 0.2) is 0 Å². The predicted molar refractivity (Wildman–Crippen MR) is 41.7 cm³/mol. The van der Waals surface area contributed by atoms with Crippen molar-refractivity contribution >= 4 is 11.9 Å². The number of ether oxygens (including phenoxy) is 2. The smallest absolute Gasteiger partial charge is 0.310 e. The zero-order chi connectivity index (χ0) is 10.0. The van der Waals surface area contributed by atoms with E-state index in [1.807, 2.05) is 0 Å². The zero-order valence-corrected chi connectivity index (χ0v) is 7.52. The van der Waals surface area contributed by atoms with Crippen molar-refractivity contribution in [2.45, 2.75) is 38.6 Å². The van der Waals surface area contributed by atoms with Crippen LogP contribution in [0.4, 0.5) is 0 Å². The molecule has 1 saturated heterocycles. The lowest BCUT2D eigenvalue weighted by atomic mass is 10.1. The van der Waals surface area contributed by atoms with Crippen LogP contribution in [0.5, 0.6) is 0 Å². The van der Waals surface area contributed by atoms with Crippen LogP contribution >= 0.6 is 0 Å². The van der Waals surface area contributed by atoms with Crippen molar-refractivity contribution in [1.82, 2.24) is 0 Å². The van der Waals surface area contributed by atoms with Crippen LogP contribution < -0.4 is 0 Å². The molecule has 1 aliphatic rings. The number of hydrogen-bond acceptors (Lipinski definition) is 5. The molecule has 0 saturated carbocycles. The average Bonchev–Trinajstić information content (AvgIpc) is 2.29. The average molecular weight is 188 g/mol. The molecule has 3 atom stereocenters. The van der Waals surface area contributed by atoms with E-state index >= 15 is 0 Å². The number of aliphatic hydroxyl groups is 1. The second-order valence-electron chi connectivity index (χ2n) is 3.05. The number of hydrogen-bond donors (Lipinski definition) is 1. The van der Waals surface area contributed by atoms with E-state index in [0.29, 0.717) is 0 Å². The second kappa shape index (κ2) is 3.74. The monoisotopic (exact) mass is 188 g/mol. The van der Waals surface area contributed by atoms with E-state index in [2.05, 4.69) is 0 Å². The molecule has 5 nitrogen and oxygen atoms in total. The molecule has 13 heavy (non-hydrogen) atoms. The van der Waals surface area contributed by atoms with E-state index < -0.39 is 30.3 Å². The van der Waals surface area contributed by atoms with Gasteiger partial charge in [0.2, 0.25) is 0 Å². The van der Waals surface area contributed by atoms with Crippen molar-refractivity contribution in [2.24, 2.45) is 0 Å². The topological polar surface area (TPSA) is 72.8 Å². The summed E-state index contributed by atoms with van der Waals surface area (Å²) in [4.78, 5) is 21.4. The molecule has 0 aromatic rings. The minimum atomic E-state index is -0.823. The first-order chi connectivity index (χ1) is 6.00. The third-order valence-corrected chi connectivity index (χ3v) is 1.79. The molecule has 1 N–H and O–H groups in total. The van der Waals surface area contributed by atoms with Crippen LogP contribution in [0.1, 0.15) is 20.3 Å². The fourth-order valence-electron chi connectivity index (χ4n) is 1.29. The Bertz CT molecular complexity index is 223. The fourth-order valence-corrected chi connectivity index (χ4v) is 1.29. The third kappa shape index (κ3) is 2.42. The van der Waals surface area contributed by atoms with Gasteiger partial charge in [0.15, 0.2) is 12.2 Å². The van der Waals surface area contributed by atoms with Gasteiger partial charge in [-0.25, -0.2) is 0 Å². The molecule has 0 aromatic heterocycles. The van der Waals surface area contributed by atoms with Gasteiger partial charge in [-0.2, -0.15) is 0 Å². The number of carbonyl (C=O) groups is 2. The SMILES string of the molecule is CC(=O)O[C@@H]1CC(=O)O[C@H]1[C@H](C)O. The van der Waals surface area contributed by atoms with Gasteiger partial charge in [0.1, 0.15) is 0 Å². The molecule has 1 aliphatic heterocycles. The Kier molecular flexibility index (Phi) is 2.87. The quantitative estimate of drug-likeness (QED) is 0.598. The maximum Gasteiger partial charge on any atom is 0.310 e. The summed E-state index contributed by atoms with van der Waals surface area (Å²) in [7, 11) is 0. The molecule has 0 amide bonds. The summed E-state index contributed by atoms with van der Waals surface area (Å²) in [6.07, 6.45) is -2.17. The van der Waals surface area contributed by atoms with Crippen LogP contribution in [-0.4, -0.2) is 35.4 Å². The molecule has 0 radical (unpaired) electrons. The van der Waals surface area contributed by atoms with Gasteiger partial charge in [0, 0.05) is 6.92 Å². The van der Waals surface area contributed by atoms with Gasteiger partial charge in [-0.3, -0.25) is 9.59 Å². The maximum absolute atomic E-state index is 10.8. The summed E-state index contributed by atoms with van der Waals surface area (Å²) in [6, 6.07) is 0. The predicted octanol–water partition coefficient (Wildman–Crippen LogP) is -0.386. The first kappa shape index (κ1) is 9.98. The molecule has 1 heterocycles. The molecule has 1 rings (SSSR count). The number of esters is 2. The van der Waals surface area contributed by atoms with Crippen molar-refractivity contribution < 1.29 is 24.2 Å². The van der Waals surface area contributed by atoms with Gasteiger partial charge in [0.05, 0.1) is 12.5 Å². The first-order valence-corrected chi connectivity index (χ1v) is 4.05. The van der Waals surface area contributed by atoms with Gasteiger partial charge in [-0.15, -0.1) is 0 Å². The molecule has 0 bridgehead atoms. The van der Waals surface area contributed by atoms with Gasteiger partial charge in [0.25, 0.3) is 0 Å². The third-order valence-electron chi connectivity index (χ3n) is 1.79. The summed E-state index contributed by atoms with van der Waals surface area (Å²) in [5, 5.41) is 9.18. The Hall–Kier alpha value is -1.10. The molecule has 1 fully saturated rings. The van der Waals surface area contributed by atoms with Crippen molar-refractivity contribution in [2.75, 3.05) is 0 Å². The lowest BCUT2D eigenvalue weighted by Gasteiger charge is -2.19. The Balaban J connectivity index is 2.60. The van der Waals surface area contributed by atoms with Crippen LogP contribution in [-0.2, 0) is 19.1 Å². The van der Waals surface area contributed by atoms with Crippen molar-refractivity contribution in [1.29, 1.82) is 0 Å². The summed E-state index contributed by atoms with van der Waals surface area (Å²) in [6.45, 7) is 2.74. The molecule has 0 unspecified atom stereocenters. The number of cyclic esters (lactones) is 1. The van der Waals surface area contributed by atoms with E-state index in [4.69, 9.17) is 9.47 Å². The summed E-state index contributed by atoms with van der Waals surface area (Å²) >= 11 is 0. The number of aliphatic hydroxyl groups excluding tert-OH is 1. The highest BCUT2D eigenvalue weighted by Gasteiger charge is 2.40. The molecule has 0 aliphatic carbocycles. The summed E-state index contributed by atoms with van der Waals surface area (Å²) in [5.41, 5.74) is 0. The van der Waals surface area contributed by atoms with Crippen LogP contribution in [0.3, 0.4) is 0 Å². The first-order valence-electron chi connectivity index (χ1n) is 4.05. The minimum Gasteiger partial charge on any atom is -0.458 e. The molecule has 74 valence electrons. The highest BCUT2D eigenvalue weighted by atomic mass is 16.6. The normalized spacial score (nSPS) is 29.6. The Labute approximate surface area is 75.6 Å². The zero-order valence-electron chi connectivity index (χ0n) is 7.52. The molecule has 5 heteroatoms. The fraction of sp³-hybridized carbons (Fsp3) is 0.750. The Morgan fingerprint density at radius 2 is 2.38 bits per heavy atom. The van der Waals surface area contributed by atoms with Crippen LogP contribution in [0.2, 0.25) is 0 Å². The molecular weight excluding hydrogens is 176 g/mol. The molecule has 0 spiro atoms. The Morgan fingerprint density at radius 3 is 2.85 bits per heavy atom. The van der Waals surface area contributed by atoms with Gasteiger partial charge in [-0.05, 0) is 6.92 Å². The standard InChI is InChI=1S/C8H12O5/c1-4(9)8-6(12-5(2)10)3-7(11)13-8/h4,6,8-9H,3H2,1-2H3/t4-,6+,8-/m0/s1. The number of rotatable bonds is 2. The lowest BCUT2D eigenvalue weighted by Crippen LogP contribution is -2.35. The van der Waals surface area contributed by atoms with Gasteiger partial charge in [-0.1, -0.05) is 0 Å². The largest absolute Gasteiger partial charge is 0.458 e. The van der Waals surface area contributed by atoms with E-state index in [1.165, 1.54) is 13.8 Å². The summed E-state index contributed by atoms with van der Waals surface area (Å²) in [5.74, 6) is -0.925. The minimum absolute atomic E-state index is 0.0230. The van der Waals surface area contributed by atoms with Gasteiger partial charge < -0.3 is 14.6 Å². The van der Waals surface area contributed by atoms with Gasteiger partial charge >= 0.3 is 11.9 Å². The van der Waals surface area contributed by atoms with Crippen molar-refractivity contribution in [3.05, 3.63) is 0 Å². The van der Waals surface area contributed by atoms with Crippen molar-refractivity contribution in [3.8, 4) is 0 Å². The number of carbonyl (C=O) groups excluding carboxylic acids is 2.